The average molecular weight is 1940 g/mol. The highest BCUT2D eigenvalue weighted by Crippen LogP contribution is 2.58. The highest BCUT2D eigenvalue weighted by Gasteiger charge is 2.55. The molecule has 16 saturated carbocycles. The van der Waals surface area contributed by atoms with Crippen LogP contribution in [0.25, 0.3) is 0 Å². The van der Waals surface area contributed by atoms with Crippen LogP contribution in [0.2, 0.25) is 0 Å². The van der Waals surface area contributed by atoms with Crippen molar-refractivity contribution in [1.29, 1.82) is 0 Å². The number of aliphatic hydroxyl groups excluding tert-OH is 1. The topological polar surface area (TPSA) is 468 Å². The first-order valence-corrected chi connectivity index (χ1v) is 52.3. The summed E-state index contributed by atoms with van der Waals surface area (Å²) in [5.74, 6) is -0.803. The van der Waals surface area contributed by atoms with E-state index in [0.717, 1.165) is 103 Å². The number of hydrogen-bond acceptors (Lipinski definition) is 22. The minimum absolute atomic E-state index is 0.0364. The second-order valence-electron chi connectivity index (χ2n) is 44.6. The second kappa shape index (κ2) is 47.9. The number of carbonyl (C=O) groups excluding carboxylic acids is 14. The third kappa shape index (κ3) is 28.6. The molecule has 766 valence electrons. The van der Waals surface area contributed by atoms with Crippen LogP contribution in [0.15, 0.2) is 84.9 Å². The maximum atomic E-state index is 15.9. The number of hydrogen-bond donors (Lipinski definition) is 13. The molecule has 34 heteroatoms. The van der Waals surface area contributed by atoms with E-state index in [0.29, 0.717) is 106 Å². The fourth-order valence-electron chi connectivity index (χ4n) is 26.4. The summed E-state index contributed by atoms with van der Waals surface area (Å²) in [5.41, 5.74) is 0.772. The van der Waals surface area contributed by atoms with Gasteiger partial charge in [0.05, 0.1) is 6.10 Å². The molecule has 0 unspecified atom stereocenters. The molecule has 3 aromatic carbocycles. The van der Waals surface area contributed by atoms with Crippen molar-refractivity contribution in [2.24, 2.45) is 101 Å². The molecule has 16 bridgehead atoms. The van der Waals surface area contributed by atoms with Crippen LogP contribution in [0.3, 0.4) is 0 Å². The fourth-order valence-corrected chi connectivity index (χ4v) is 26.4. The first kappa shape index (κ1) is 104. The maximum absolute atomic E-state index is 15.9. The van der Waals surface area contributed by atoms with Gasteiger partial charge in [-0.25, -0.2) is 24.0 Å². The van der Waals surface area contributed by atoms with Crippen LogP contribution in [0.5, 0.6) is 5.75 Å². The third-order valence-electron chi connectivity index (χ3n) is 32.2. The summed E-state index contributed by atoms with van der Waals surface area (Å²) in [4.78, 5) is 201. The van der Waals surface area contributed by atoms with Gasteiger partial charge in [-0.2, -0.15) is 0 Å². The number of ether oxygens (including phenoxy) is 7. The number of amides is 12. The van der Waals surface area contributed by atoms with Crippen molar-refractivity contribution in [2.75, 3.05) is 26.2 Å². The highest BCUT2D eigenvalue weighted by atomic mass is 16.7. The Balaban J connectivity index is 0.680. The molecule has 3 aromatic rings. The molecule has 16 aliphatic rings. The predicted octanol–water partition coefficient (Wildman–Crippen LogP) is 11.2. The van der Waals surface area contributed by atoms with Crippen LogP contribution < -0.4 is 68.5 Å². The van der Waals surface area contributed by atoms with Crippen molar-refractivity contribution in [3.8, 4) is 5.75 Å². The standard InChI is InChI=1S/C106H150N12O22/c1-58(2)87(117-100(128)88(60(4)119)118-93(121)59(3)111-104(132)140-106(5,6)7)99(127)114-83(26-16-19-33-109-103(131)138-91-76-46-68-36-69(48-76)49-77(91)47-68)96(124)115-84(54-61-20-10-8-11-21-61)98(126)113-82(25-15-18-32-108-102(130)137-90-74-42-66-35-67(44-74)45-75(90)43-66)95(123)116-85(55-62-27-29-80(30-28-62)135-105(133)139-92-78-50-70-37-71(52-78)53-79(92)51-70)97(125)112-81(94(122)110-56-86(120)134-57-63-22-12-9-13-23-63)24-14-17-31-107-101(129)136-89-72-38-64-34-65(40-72)41-73(89)39-64/h8-13,20-23,27-30,58-60,64-79,81-85,87-92,119H,14-19,24-26,31-57H2,1-7H3,(H,107,129)(H,108,130)(H,109,131)(H,110,122)(H,111,132)(H,112,125)(H,113,126)(H,114,127)(H,115,124)(H,116,123)(H,117,128)(H,118,121)/t59-,60+,64?,65?,66?,67?,68?,69?,70?,71?,72?,73?,74?,75?,76?,77?,78?,79?,81-,82-,83-,84-,85-,87-,88-,89?,90?,91?,92?/m0/s1. The highest BCUT2D eigenvalue weighted by molar-refractivity contribution is 5.99. The molecule has 140 heavy (non-hydrogen) atoms. The van der Waals surface area contributed by atoms with Crippen molar-refractivity contribution in [1.82, 2.24) is 63.8 Å². The maximum Gasteiger partial charge on any atom is 0.514 e. The molecule has 9 atom stereocenters. The number of unbranched alkanes of at least 4 members (excludes halogenated alkanes) is 3. The summed E-state index contributed by atoms with van der Waals surface area (Å²) >= 11 is 0. The van der Waals surface area contributed by atoms with Gasteiger partial charge in [-0.15, -0.1) is 0 Å². The zero-order valence-corrected chi connectivity index (χ0v) is 82.4. The summed E-state index contributed by atoms with van der Waals surface area (Å²) in [6.45, 7) is 10.5. The summed E-state index contributed by atoms with van der Waals surface area (Å²) in [6.07, 6.45) is 16.3. The van der Waals surface area contributed by atoms with E-state index in [-0.39, 0.29) is 132 Å². The van der Waals surface area contributed by atoms with Gasteiger partial charge < -0.3 is 102 Å². The van der Waals surface area contributed by atoms with Crippen LogP contribution in [0.1, 0.15) is 251 Å². The fraction of sp³-hybridized carbons (Fsp3) is 0.698. The molecule has 0 spiro atoms. The molecule has 19 rings (SSSR count). The van der Waals surface area contributed by atoms with E-state index in [1.165, 1.54) is 51.7 Å². The van der Waals surface area contributed by atoms with Crippen molar-refractivity contribution < 1.29 is 105 Å². The lowest BCUT2D eigenvalue weighted by Crippen LogP contribution is -2.62. The van der Waals surface area contributed by atoms with Gasteiger partial charge in [0, 0.05) is 32.5 Å². The Hall–Kier alpha value is -10.8. The number of aliphatic hydroxyl groups is 1. The molecule has 16 aliphatic carbocycles. The van der Waals surface area contributed by atoms with Crippen molar-refractivity contribution >= 4 is 83.8 Å². The molecular weight excluding hydrogens is 1790 g/mol. The number of esters is 1. The quantitative estimate of drug-likeness (QED) is 0.0108. The Kier molecular flexibility index (Phi) is 35.4. The third-order valence-corrected chi connectivity index (χ3v) is 32.2. The van der Waals surface area contributed by atoms with Gasteiger partial charge in [-0.3, -0.25) is 43.2 Å². The second-order valence-corrected chi connectivity index (χ2v) is 44.6. The Morgan fingerprint density at radius 2 is 0.664 bits per heavy atom. The van der Waals surface area contributed by atoms with Gasteiger partial charge in [0.25, 0.3) is 0 Å². The van der Waals surface area contributed by atoms with E-state index in [4.69, 9.17) is 33.2 Å². The number of carbonyl (C=O) groups is 14. The zero-order chi connectivity index (χ0) is 99.0. The normalized spacial score (nSPS) is 28.8. The predicted molar refractivity (Wildman–Crippen MR) is 514 cm³/mol. The van der Waals surface area contributed by atoms with Gasteiger partial charge in [-0.1, -0.05) is 86.6 Å². The molecule has 0 aliphatic heterocycles. The summed E-state index contributed by atoms with van der Waals surface area (Å²) in [7, 11) is 0. The van der Waals surface area contributed by atoms with E-state index in [1.807, 2.05) is 6.07 Å². The Labute approximate surface area is 821 Å². The molecule has 0 heterocycles. The van der Waals surface area contributed by atoms with E-state index in [9.17, 15) is 48.3 Å². The van der Waals surface area contributed by atoms with Crippen LogP contribution in [-0.4, -0.2) is 199 Å². The van der Waals surface area contributed by atoms with Crippen molar-refractivity contribution in [3.05, 3.63) is 102 Å². The molecule has 34 nitrogen and oxygen atoms in total. The van der Waals surface area contributed by atoms with Crippen LogP contribution >= 0.6 is 0 Å². The van der Waals surface area contributed by atoms with Crippen LogP contribution in [-0.2, 0) is 91.0 Å². The van der Waals surface area contributed by atoms with Gasteiger partial charge >= 0.3 is 36.5 Å². The molecule has 0 aromatic heterocycles. The molecule has 12 amide bonds. The van der Waals surface area contributed by atoms with Gasteiger partial charge in [-0.05, 0) is 350 Å². The van der Waals surface area contributed by atoms with E-state index >= 15 is 24.0 Å². The zero-order valence-electron chi connectivity index (χ0n) is 82.4. The first-order chi connectivity index (χ1) is 67.2. The summed E-state index contributed by atoms with van der Waals surface area (Å²) < 4.78 is 41.2. The minimum atomic E-state index is -1.68. The summed E-state index contributed by atoms with van der Waals surface area (Å²) in [5, 5.41) is 44.3. The number of nitrogens with one attached hydrogen (secondary N) is 12. The van der Waals surface area contributed by atoms with E-state index in [2.05, 4.69) is 63.8 Å². The Bertz CT molecular complexity index is 4690. The Morgan fingerprint density at radius 3 is 1.04 bits per heavy atom. The molecule has 0 saturated heterocycles. The number of rotatable bonds is 46. The van der Waals surface area contributed by atoms with E-state index in [1.54, 1.807) is 101 Å². The van der Waals surface area contributed by atoms with Crippen molar-refractivity contribution in [3.63, 3.8) is 0 Å². The largest absolute Gasteiger partial charge is 0.514 e. The van der Waals surface area contributed by atoms with Crippen LogP contribution in [0, 0.1) is 101 Å². The molecule has 0 radical (unpaired) electrons. The SMILES string of the molecule is CC(C)[C@H](NC(=O)[C@@H](NC(=O)[C@H](C)NC(=O)OC(C)(C)C)[C@@H](C)O)C(=O)N[C@@H](CCCCNC(=O)OC1C2CC3CC(C2)CC1C3)C(=O)N[C@@H](Cc1ccccc1)C(=O)N[C@@H](CCCCNC(=O)OC1C2CC3CC(C2)CC1C3)C(=O)N[C@@H](Cc1ccc(OC(=O)OC2C3CC4CC(C3)CC2C4)cc1)C(=O)N[C@@H](CCCCNC(=O)OC1C2CC3CC(C2)CC1C3)C(=O)NCC(=O)OCc1ccccc1. The Morgan fingerprint density at radius 1 is 0.336 bits per heavy atom. The van der Waals surface area contributed by atoms with E-state index < -0.39 is 156 Å². The monoisotopic (exact) mass is 1940 g/mol. The van der Waals surface area contributed by atoms with Gasteiger partial charge in [0.2, 0.25) is 47.3 Å². The first-order valence-electron chi connectivity index (χ1n) is 52.3. The number of alkyl carbamates (subject to hydrolysis) is 4. The lowest BCUT2D eigenvalue weighted by molar-refractivity contribution is -0.145. The summed E-state index contributed by atoms with van der Waals surface area (Å²) in [6, 6.07) is 12.0. The minimum Gasteiger partial charge on any atom is -0.460 e. The molecule has 13 N–H and O–H groups in total. The number of benzene rings is 3. The smallest absolute Gasteiger partial charge is 0.460 e. The average Bonchev–Trinajstić information content (AvgIpc) is 0.773. The molecule has 16 fully saturated rings. The van der Waals surface area contributed by atoms with Gasteiger partial charge in [0.15, 0.2) is 0 Å². The lowest BCUT2D eigenvalue weighted by atomic mass is 9.55. The molecular formula is C106H150N12O22. The van der Waals surface area contributed by atoms with Crippen LogP contribution in [0.4, 0.5) is 24.0 Å². The van der Waals surface area contributed by atoms with Gasteiger partial charge in [0.1, 0.15) is 97.3 Å². The lowest BCUT2D eigenvalue weighted by Gasteiger charge is -2.53. The van der Waals surface area contributed by atoms with Crippen molar-refractivity contribution in [2.45, 2.75) is 339 Å².